The average molecular weight is 467 g/mol. The fourth-order valence-corrected chi connectivity index (χ4v) is 2.83. The molecular weight excluding hydrogens is 454 g/mol. The highest BCUT2D eigenvalue weighted by atomic mass is 35.5. The third-order valence-electron chi connectivity index (χ3n) is 4.41. The topological polar surface area (TPSA) is 75.2 Å². The van der Waals surface area contributed by atoms with E-state index in [4.69, 9.17) is 11.6 Å². The number of aromatic nitrogens is 2. The van der Waals surface area contributed by atoms with E-state index in [0.717, 1.165) is 0 Å². The van der Waals surface area contributed by atoms with Crippen molar-refractivity contribution < 1.29 is 35.9 Å². The molecule has 1 heterocycles. The molecule has 0 saturated heterocycles. The molecule has 1 fully saturated rings. The second-order valence-electron chi connectivity index (χ2n) is 6.81. The molecule has 1 unspecified atom stereocenters. The van der Waals surface area contributed by atoms with Crippen LogP contribution in [0.5, 0.6) is 0 Å². The quantitative estimate of drug-likeness (QED) is 0.652. The predicted octanol–water partition coefficient (Wildman–Crippen LogP) is 4.02. The molecule has 1 aromatic carbocycles. The first-order valence-electron chi connectivity index (χ1n) is 8.68. The Bertz CT molecular complexity index is 1000. The fraction of sp³-hybridized carbons (Fsp3) is 0.333. The highest BCUT2D eigenvalue weighted by molar-refractivity contribution is 6.30. The van der Waals surface area contributed by atoms with Crippen molar-refractivity contribution >= 4 is 29.4 Å². The highest BCUT2D eigenvalue weighted by Gasteiger charge is 2.57. The Morgan fingerprint density at radius 3 is 2.35 bits per heavy atom. The van der Waals surface area contributed by atoms with Crippen molar-refractivity contribution in [1.82, 2.24) is 14.9 Å². The number of nitrogens with one attached hydrogen (secondary N) is 1. The third kappa shape index (κ3) is 5.63. The molecule has 1 aromatic heterocycles. The molecule has 1 atom stereocenters. The Morgan fingerprint density at radius 1 is 1.23 bits per heavy atom. The summed E-state index contributed by atoms with van der Waals surface area (Å²) < 4.78 is 78.7. The summed E-state index contributed by atoms with van der Waals surface area (Å²) in [6, 6.07) is 1.43. The maximum atomic E-state index is 13.8. The molecule has 0 aliphatic heterocycles. The number of alkyl halides is 5. The first-order valence-corrected chi connectivity index (χ1v) is 9.06. The van der Waals surface area contributed by atoms with Crippen molar-refractivity contribution in [3.63, 3.8) is 0 Å². The van der Waals surface area contributed by atoms with Crippen LogP contribution in [0.1, 0.15) is 22.3 Å². The van der Waals surface area contributed by atoms with Gasteiger partial charge in [0.05, 0.1) is 23.0 Å². The van der Waals surface area contributed by atoms with Gasteiger partial charge >= 0.3 is 6.18 Å². The van der Waals surface area contributed by atoms with Crippen LogP contribution in [-0.2, 0) is 11.0 Å². The lowest BCUT2D eigenvalue weighted by Gasteiger charge is -2.22. The van der Waals surface area contributed by atoms with Crippen LogP contribution >= 0.6 is 11.6 Å². The van der Waals surface area contributed by atoms with Gasteiger partial charge in [-0.25, -0.2) is 23.1 Å². The maximum Gasteiger partial charge on any atom is 0.419 e. The largest absolute Gasteiger partial charge is 0.419 e. The molecule has 0 bridgehead atoms. The van der Waals surface area contributed by atoms with Gasteiger partial charge in [0.1, 0.15) is 12.4 Å². The van der Waals surface area contributed by atoms with E-state index in [9.17, 15) is 35.9 Å². The summed E-state index contributed by atoms with van der Waals surface area (Å²) in [6.07, 6.45) is -3.12. The lowest BCUT2D eigenvalue weighted by molar-refractivity contribution is -0.140. The van der Waals surface area contributed by atoms with Crippen LogP contribution in [0.3, 0.4) is 0 Å². The molecular formula is C18H13ClF6N4O2. The standard InChI is InChI=1S/C18H13ClF6N4O2/c19-11-5-26-16(27-6-11)28-14(30)8-29(7-10-4-17(10,21)22)15(31)9-1-2-12(13(20)3-9)18(23,24)25/h1-3,5-6,10H,4,7-8H2,(H,26,27,28,30). The SMILES string of the molecule is O=C(CN(CC1CC1(F)F)C(=O)c1ccc(C(F)(F)F)c(F)c1)Nc1ncc(Cl)cn1. The van der Waals surface area contributed by atoms with Gasteiger partial charge in [-0.2, -0.15) is 13.2 Å². The monoisotopic (exact) mass is 466 g/mol. The Hall–Kier alpha value is -2.89. The van der Waals surface area contributed by atoms with Gasteiger partial charge in [-0.05, 0) is 18.2 Å². The summed E-state index contributed by atoms with van der Waals surface area (Å²) in [5.74, 6) is -8.06. The van der Waals surface area contributed by atoms with E-state index in [1.54, 1.807) is 0 Å². The van der Waals surface area contributed by atoms with Gasteiger partial charge < -0.3 is 4.90 Å². The minimum Gasteiger partial charge on any atom is -0.329 e. The fourth-order valence-electron chi connectivity index (χ4n) is 2.73. The number of anilines is 1. The second kappa shape index (κ2) is 8.33. The highest BCUT2D eigenvalue weighted by Crippen LogP contribution is 2.49. The summed E-state index contributed by atoms with van der Waals surface area (Å²) in [4.78, 5) is 33.0. The zero-order valence-electron chi connectivity index (χ0n) is 15.4. The summed E-state index contributed by atoms with van der Waals surface area (Å²) in [7, 11) is 0. The zero-order chi connectivity index (χ0) is 23.0. The predicted molar refractivity (Wildman–Crippen MR) is 96.0 cm³/mol. The summed E-state index contributed by atoms with van der Waals surface area (Å²) in [6.45, 7) is -1.29. The Morgan fingerprint density at radius 2 is 1.84 bits per heavy atom. The maximum absolute atomic E-state index is 13.8. The van der Waals surface area contributed by atoms with E-state index >= 15 is 0 Å². The van der Waals surface area contributed by atoms with Crippen LogP contribution in [0.15, 0.2) is 30.6 Å². The van der Waals surface area contributed by atoms with Gasteiger partial charge in [-0.3, -0.25) is 14.9 Å². The summed E-state index contributed by atoms with van der Waals surface area (Å²) >= 11 is 5.62. The van der Waals surface area contributed by atoms with E-state index in [2.05, 4.69) is 15.3 Å². The Balaban J connectivity index is 1.78. The minimum atomic E-state index is -4.97. The molecule has 2 aromatic rings. The van der Waals surface area contributed by atoms with Crippen LogP contribution < -0.4 is 5.32 Å². The minimum absolute atomic E-state index is 0.167. The molecule has 1 aliphatic rings. The van der Waals surface area contributed by atoms with Crippen molar-refractivity contribution in [2.45, 2.75) is 18.5 Å². The molecule has 3 rings (SSSR count). The van der Waals surface area contributed by atoms with Crippen LogP contribution in [0.2, 0.25) is 5.02 Å². The number of nitrogens with zero attached hydrogens (tertiary/aromatic N) is 3. The molecule has 6 nitrogen and oxygen atoms in total. The molecule has 13 heteroatoms. The number of benzene rings is 1. The number of halogens is 7. The first kappa shape index (κ1) is 22.8. The van der Waals surface area contributed by atoms with Gasteiger partial charge in [0, 0.05) is 24.4 Å². The molecule has 2 amide bonds. The summed E-state index contributed by atoms with van der Waals surface area (Å²) in [5.41, 5.74) is -2.10. The summed E-state index contributed by atoms with van der Waals surface area (Å²) in [5, 5.41) is 2.43. The number of carbonyl (C=O) groups excluding carboxylic acids is 2. The second-order valence-corrected chi connectivity index (χ2v) is 7.25. The smallest absolute Gasteiger partial charge is 0.329 e. The average Bonchev–Trinajstić information content (AvgIpc) is 3.27. The van der Waals surface area contributed by atoms with Gasteiger partial charge in [0.25, 0.3) is 11.8 Å². The first-order chi connectivity index (χ1) is 14.4. The van der Waals surface area contributed by atoms with Crippen LogP contribution in [0.4, 0.5) is 32.3 Å². The van der Waals surface area contributed by atoms with Gasteiger partial charge in [0.15, 0.2) is 0 Å². The van der Waals surface area contributed by atoms with Crippen molar-refractivity contribution in [3.05, 3.63) is 52.6 Å². The van der Waals surface area contributed by atoms with Crippen molar-refractivity contribution in [3.8, 4) is 0 Å². The van der Waals surface area contributed by atoms with Crippen LogP contribution in [0, 0.1) is 11.7 Å². The lowest BCUT2D eigenvalue weighted by atomic mass is 10.1. The number of rotatable bonds is 6. The molecule has 0 radical (unpaired) electrons. The molecule has 166 valence electrons. The lowest BCUT2D eigenvalue weighted by Crippen LogP contribution is -2.40. The molecule has 1 saturated carbocycles. The number of hydrogen-bond acceptors (Lipinski definition) is 4. The van der Waals surface area contributed by atoms with Crippen LogP contribution in [-0.4, -0.2) is 45.7 Å². The van der Waals surface area contributed by atoms with Gasteiger partial charge in [0.2, 0.25) is 11.9 Å². The third-order valence-corrected chi connectivity index (χ3v) is 4.61. The molecule has 1 aliphatic carbocycles. The number of amides is 2. The zero-order valence-corrected chi connectivity index (χ0v) is 16.1. The van der Waals surface area contributed by atoms with E-state index in [1.807, 2.05) is 0 Å². The number of carbonyl (C=O) groups is 2. The van der Waals surface area contributed by atoms with Crippen molar-refractivity contribution in [2.24, 2.45) is 5.92 Å². The molecule has 31 heavy (non-hydrogen) atoms. The Labute approximate surface area is 176 Å². The Kier molecular flexibility index (Phi) is 6.12. The van der Waals surface area contributed by atoms with Crippen LogP contribution in [0.25, 0.3) is 0 Å². The van der Waals surface area contributed by atoms with E-state index < -0.39 is 66.3 Å². The van der Waals surface area contributed by atoms with E-state index in [0.29, 0.717) is 23.1 Å². The molecule has 0 spiro atoms. The van der Waals surface area contributed by atoms with E-state index in [-0.39, 0.29) is 11.0 Å². The van der Waals surface area contributed by atoms with Gasteiger partial charge in [-0.1, -0.05) is 11.6 Å². The normalized spacial score (nSPS) is 17.2. The van der Waals surface area contributed by atoms with E-state index in [1.165, 1.54) is 12.4 Å². The number of hydrogen-bond donors (Lipinski definition) is 1. The molecule has 1 N–H and O–H groups in total. The van der Waals surface area contributed by atoms with Crippen molar-refractivity contribution in [2.75, 3.05) is 18.4 Å². The van der Waals surface area contributed by atoms with Gasteiger partial charge in [-0.15, -0.1) is 0 Å². The van der Waals surface area contributed by atoms with Crippen molar-refractivity contribution in [1.29, 1.82) is 0 Å².